The van der Waals surface area contributed by atoms with Gasteiger partial charge in [-0.3, -0.25) is 0 Å². The van der Waals surface area contributed by atoms with Gasteiger partial charge in [-0.2, -0.15) is 4.98 Å². The smallest absolute Gasteiger partial charge is 0.224 e. The fourth-order valence-electron chi connectivity index (χ4n) is 1.77. The minimum absolute atomic E-state index is 0.731. The summed E-state index contributed by atoms with van der Waals surface area (Å²) >= 11 is 0. The molecule has 0 amide bonds. The molecule has 0 unspecified atom stereocenters. The zero-order valence-corrected chi connectivity index (χ0v) is 10.1. The Morgan fingerprint density at radius 3 is 2.88 bits per heavy atom. The van der Waals surface area contributed by atoms with Crippen LogP contribution < -0.4 is 10.2 Å². The second-order valence-electron chi connectivity index (χ2n) is 4.25. The summed E-state index contributed by atoms with van der Waals surface area (Å²) in [6.45, 7) is 7.24. The Morgan fingerprint density at radius 1 is 1.44 bits per heavy atom. The van der Waals surface area contributed by atoms with Gasteiger partial charge in [-0.25, -0.2) is 4.98 Å². The first-order valence-electron chi connectivity index (χ1n) is 6.15. The van der Waals surface area contributed by atoms with Gasteiger partial charge in [0.1, 0.15) is 5.82 Å². The third kappa shape index (κ3) is 2.84. The van der Waals surface area contributed by atoms with Crippen molar-refractivity contribution in [1.82, 2.24) is 9.97 Å². The van der Waals surface area contributed by atoms with Gasteiger partial charge in [0.25, 0.3) is 0 Å². The third-order valence-electron chi connectivity index (χ3n) is 2.86. The molecular formula is C12H20N4. The van der Waals surface area contributed by atoms with Crippen molar-refractivity contribution in [3.63, 3.8) is 0 Å². The summed E-state index contributed by atoms with van der Waals surface area (Å²) in [5.41, 5.74) is 0. The molecule has 2 rings (SSSR count). The molecule has 0 aromatic carbocycles. The number of hydrogen-bond donors (Lipinski definition) is 1. The first-order chi connectivity index (χ1) is 7.83. The van der Waals surface area contributed by atoms with E-state index in [2.05, 4.69) is 34.0 Å². The standard InChI is InChI=1S/C12H20N4/c1-3-13-12-14-8-7-11(15-12)16(4-2)9-10-5-6-10/h7-8,10H,3-6,9H2,1-2H3,(H,13,14,15). The molecule has 1 aliphatic carbocycles. The zero-order chi connectivity index (χ0) is 11.4. The number of nitrogens with zero attached hydrogens (tertiary/aromatic N) is 3. The molecule has 0 atom stereocenters. The molecule has 0 bridgehead atoms. The molecule has 1 aromatic heterocycles. The Bertz CT molecular complexity index is 336. The minimum atomic E-state index is 0.731. The second kappa shape index (κ2) is 5.14. The van der Waals surface area contributed by atoms with Crippen molar-refractivity contribution in [3.8, 4) is 0 Å². The predicted octanol–water partition coefficient (Wildman–Crippen LogP) is 2.14. The second-order valence-corrected chi connectivity index (χ2v) is 4.25. The maximum absolute atomic E-state index is 4.52. The largest absolute Gasteiger partial charge is 0.356 e. The van der Waals surface area contributed by atoms with Crippen LogP contribution in [0, 0.1) is 5.92 Å². The molecule has 0 saturated heterocycles. The summed E-state index contributed by atoms with van der Waals surface area (Å²) in [4.78, 5) is 11.0. The van der Waals surface area contributed by atoms with Crippen LogP contribution in [-0.2, 0) is 0 Å². The Morgan fingerprint density at radius 2 is 2.25 bits per heavy atom. The van der Waals surface area contributed by atoms with Gasteiger partial charge in [-0.1, -0.05) is 0 Å². The molecule has 1 saturated carbocycles. The average molecular weight is 220 g/mol. The monoisotopic (exact) mass is 220 g/mol. The van der Waals surface area contributed by atoms with E-state index >= 15 is 0 Å². The highest BCUT2D eigenvalue weighted by Crippen LogP contribution is 2.30. The lowest BCUT2D eigenvalue weighted by Gasteiger charge is -2.21. The lowest BCUT2D eigenvalue weighted by Crippen LogP contribution is -2.26. The van der Waals surface area contributed by atoms with Crippen molar-refractivity contribution in [2.45, 2.75) is 26.7 Å². The maximum Gasteiger partial charge on any atom is 0.224 e. The zero-order valence-electron chi connectivity index (χ0n) is 10.1. The molecule has 4 heteroatoms. The summed E-state index contributed by atoms with van der Waals surface area (Å²) in [6, 6.07) is 1.99. The van der Waals surface area contributed by atoms with Crippen LogP contribution >= 0.6 is 0 Å². The first kappa shape index (κ1) is 11.2. The van der Waals surface area contributed by atoms with Crippen LogP contribution in [0.5, 0.6) is 0 Å². The van der Waals surface area contributed by atoms with E-state index in [4.69, 9.17) is 0 Å². The molecule has 88 valence electrons. The molecule has 1 fully saturated rings. The summed E-state index contributed by atoms with van der Waals surface area (Å²) < 4.78 is 0. The van der Waals surface area contributed by atoms with Gasteiger partial charge in [0.15, 0.2) is 0 Å². The van der Waals surface area contributed by atoms with Crippen LogP contribution in [-0.4, -0.2) is 29.6 Å². The van der Waals surface area contributed by atoms with Crippen LogP contribution in [0.25, 0.3) is 0 Å². The lowest BCUT2D eigenvalue weighted by molar-refractivity contribution is 0.731. The van der Waals surface area contributed by atoms with Crippen molar-refractivity contribution < 1.29 is 0 Å². The highest BCUT2D eigenvalue weighted by Gasteiger charge is 2.24. The SMILES string of the molecule is CCNc1nccc(N(CC)CC2CC2)n1. The van der Waals surface area contributed by atoms with Gasteiger partial charge in [0.05, 0.1) is 0 Å². The van der Waals surface area contributed by atoms with Crippen molar-refractivity contribution in [1.29, 1.82) is 0 Å². The van der Waals surface area contributed by atoms with Gasteiger partial charge in [0.2, 0.25) is 5.95 Å². The summed E-state index contributed by atoms with van der Waals surface area (Å²) in [6.07, 6.45) is 4.58. The van der Waals surface area contributed by atoms with Crippen LogP contribution in [0.2, 0.25) is 0 Å². The van der Waals surface area contributed by atoms with Gasteiger partial charge in [-0.05, 0) is 38.7 Å². The quantitative estimate of drug-likeness (QED) is 0.797. The topological polar surface area (TPSA) is 41.1 Å². The minimum Gasteiger partial charge on any atom is -0.356 e. The molecule has 4 nitrogen and oxygen atoms in total. The first-order valence-corrected chi connectivity index (χ1v) is 6.15. The number of rotatable bonds is 6. The molecular weight excluding hydrogens is 200 g/mol. The molecule has 1 N–H and O–H groups in total. The van der Waals surface area contributed by atoms with Crippen molar-refractivity contribution in [2.75, 3.05) is 29.9 Å². The molecule has 1 aromatic rings. The normalized spacial score (nSPS) is 14.9. The Hall–Kier alpha value is -1.32. The van der Waals surface area contributed by atoms with Crippen molar-refractivity contribution in [3.05, 3.63) is 12.3 Å². The molecule has 1 heterocycles. The van der Waals surface area contributed by atoms with E-state index in [9.17, 15) is 0 Å². The molecule has 0 radical (unpaired) electrons. The van der Waals surface area contributed by atoms with E-state index in [1.807, 2.05) is 12.3 Å². The van der Waals surface area contributed by atoms with E-state index in [1.54, 1.807) is 0 Å². The summed E-state index contributed by atoms with van der Waals surface area (Å²) in [5, 5.41) is 3.15. The fraction of sp³-hybridized carbons (Fsp3) is 0.667. The van der Waals surface area contributed by atoms with E-state index in [0.29, 0.717) is 0 Å². The van der Waals surface area contributed by atoms with Crippen LogP contribution in [0.4, 0.5) is 11.8 Å². The fourth-order valence-corrected chi connectivity index (χ4v) is 1.77. The third-order valence-corrected chi connectivity index (χ3v) is 2.86. The highest BCUT2D eigenvalue weighted by molar-refractivity contribution is 5.42. The van der Waals surface area contributed by atoms with Gasteiger partial charge in [-0.15, -0.1) is 0 Å². The van der Waals surface area contributed by atoms with Crippen LogP contribution in [0.15, 0.2) is 12.3 Å². The summed E-state index contributed by atoms with van der Waals surface area (Å²) in [7, 11) is 0. The number of hydrogen-bond acceptors (Lipinski definition) is 4. The summed E-state index contributed by atoms with van der Waals surface area (Å²) in [5.74, 6) is 2.66. The van der Waals surface area contributed by atoms with Crippen molar-refractivity contribution in [2.24, 2.45) is 5.92 Å². The van der Waals surface area contributed by atoms with Gasteiger partial charge < -0.3 is 10.2 Å². The van der Waals surface area contributed by atoms with E-state index in [0.717, 1.165) is 37.3 Å². The molecule has 1 aliphatic rings. The predicted molar refractivity (Wildman–Crippen MR) is 66.8 cm³/mol. The van der Waals surface area contributed by atoms with Crippen molar-refractivity contribution >= 4 is 11.8 Å². The Kier molecular flexibility index (Phi) is 3.59. The number of aromatic nitrogens is 2. The average Bonchev–Trinajstić information content (AvgIpc) is 3.10. The Labute approximate surface area is 97.1 Å². The van der Waals surface area contributed by atoms with Gasteiger partial charge >= 0.3 is 0 Å². The Balaban J connectivity index is 2.06. The highest BCUT2D eigenvalue weighted by atomic mass is 15.2. The lowest BCUT2D eigenvalue weighted by atomic mass is 10.3. The van der Waals surface area contributed by atoms with E-state index in [1.165, 1.54) is 12.8 Å². The maximum atomic E-state index is 4.52. The molecule has 0 spiro atoms. The van der Waals surface area contributed by atoms with E-state index in [-0.39, 0.29) is 0 Å². The molecule has 0 aliphatic heterocycles. The molecule has 16 heavy (non-hydrogen) atoms. The number of nitrogens with one attached hydrogen (secondary N) is 1. The van der Waals surface area contributed by atoms with Crippen LogP contribution in [0.3, 0.4) is 0 Å². The number of anilines is 2. The van der Waals surface area contributed by atoms with Gasteiger partial charge in [0, 0.05) is 25.8 Å². The van der Waals surface area contributed by atoms with E-state index < -0.39 is 0 Å². The van der Waals surface area contributed by atoms with Crippen LogP contribution in [0.1, 0.15) is 26.7 Å².